The van der Waals surface area contributed by atoms with Gasteiger partial charge in [0.05, 0.1) is 13.2 Å². The molecule has 0 saturated carbocycles. The maximum Gasteiger partial charge on any atom is 0.252 e. The highest BCUT2D eigenvalue weighted by Crippen LogP contribution is 2.09. The predicted molar refractivity (Wildman–Crippen MR) is 60.3 cm³/mol. The van der Waals surface area contributed by atoms with Crippen LogP contribution in [0.4, 0.5) is 5.69 Å². The molecule has 0 bridgehead atoms. The van der Waals surface area contributed by atoms with Crippen LogP contribution >= 0.6 is 0 Å². The molecule has 0 saturated heterocycles. The minimum atomic E-state index is -0.0951. The molecule has 1 amide bonds. The van der Waals surface area contributed by atoms with Crippen molar-refractivity contribution in [3.8, 4) is 0 Å². The summed E-state index contributed by atoms with van der Waals surface area (Å²) in [6, 6.07) is 3.54. The van der Waals surface area contributed by atoms with Crippen LogP contribution in [0, 0.1) is 0 Å². The number of likely N-dealkylation sites (N-methyl/N-ethyl adjacent to an activating group) is 1. The lowest BCUT2D eigenvalue weighted by Gasteiger charge is -2.16. The Morgan fingerprint density at radius 3 is 2.69 bits per heavy atom. The molecule has 1 heterocycles. The second kappa shape index (κ2) is 6.92. The van der Waals surface area contributed by atoms with E-state index in [0.29, 0.717) is 13.2 Å². The molecule has 0 radical (unpaired) electrons. The molecule has 0 aromatic carbocycles. The Kier molecular flexibility index (Phi) is 5.45. The number of ether oxygens (including phenoxy) is 2. The summed E-state index contributed by atoms with van der Waals surface area (Å²) in [7, 11) is 3.30. The fourth-order valence-corrected chi connectivity index (χ4v) is 1.11. The Bertz CT molecular complexity index is 316. The summed E-state index contributed by atoms with van der Waals surface area (Å²) >= 11 is 0. The zero-order valence-electron chi connectivity index (χ0n) is 9.55. The fourth-order valence-electron chi connectivity index (χ4n) is 1.11. The number of methoxy groups -OCH3 is 1. The average Bonchev–Trinajstić information content (AvgIpc) is 2.34. The Labute approximate surface area is 95.0 Å². The summed E-state index contributed by atoms with van der Waals surface area (Å²) in [5.74, 6) is -0.0951. The van der Waals surface area contributed by atoms with Gasteiger partial charge in [0.15, 0.2) is 0 Å². The van der Waals surface area contributed by atoms with E-state index in [4.69, 9.17) is 9.47 Å². The molecule has 16 heavy (non-hydrogen) atoms. The van der Waals surface area contributed by atoms with Crippen LogP contribution in [0.3, 0.4) is 0 Å². The molecule has 0 N–H and O–H groups in total. The standard InChI is InChI=1S/C11H16N2O3/c1-13(10-3-5-12-6-4-10)11(14)9-16-8-7-15-2/h3-6H,7-9H2,1-2H3. The van der Waals surface area contributed by atoms with Crippen LogP contribution in [0.2, 0.25) is 0 Å². The third-order valence-electron chi connectivity index (χ3n) is 2.08. The van der Waals surface area contributed by atoms with E-state index in [-0.39, 0.29) is 12.5 Å². The maximum atomic E-state index is 11.6. The van der Waals surface area contributed by atoms with Crippen LogP contribution in [0.25, 0.3) is 0 Å². The van der Waals surface area contributed by atoms with E-state index in [2.05, 4.69) is 4.98 Å². The van der Waals surface area contributed by atoms with Crippen molar-refractivity contribution in [2.24, 2.45) is 0 Å². The summed E-state index contributed by atoms with van der Waals surface area (Å²) in [5, 5.41) is 0. The molecule has 1 aromatic heterocycles. The predicted octanol–water partition coefficient (Wildman–Crippen LogP) is 0.707. The monoisotopic (exact) mass is 224 g/mol. The molecule has 0 fully saturated rings. The van der Waals surface area contributed by atoms with Gasteiger partial charge in [-0.15, -0.1) is 0 Å². The molecule has 5 nitrogen and oxygen atoms in total. The Morgan fingerprint density at radius 2 is 2.06 bits per heavy atom. The van der Waals surface area contributed by atoms with Gasteiger partial charge in [0.25, 0.3) is 5.91 Å². The van der Waals surface area contributed by atoms with E-state index < -0.39 is 0 Å². The van der Waals surface area contributed by atoms with Gasteiger partial charge < -0.3 is 14.4 Å². The van der Waals surface area contributed by atoms with Crippen LogP contribution in [-0.4, -0.2) is 44.9 Å². The molecule has 1 aromatic rings. The SMILES string of the molecule is COCCOCC(=O)N(C)c1ccncc1. The van der Waals surface area contributed by atoms with E-state index in [1.165, 1.54) is 4.90 Å². The molecule has 5 heteroatoms. The van der Waals surface area contributed by atoms with Gasteiger partial charge in [-0.3, -0.25) is 9.78 Å². The number of hydrogen-bond donors (Lipinski definition) is 0. The van der Waals surface area contributed by atoms with E-state index in [0.717, 1.165) is 5.69 Å². The first-order chi connectivity index (χ1) is 7.75. The van der Waals surface area contributed by atoms with Gasteiger partial charge in [0.2, 0.25) is 0 Å². The molecular formula is C11H16N2O3. The van der Waals surface area contributed by atoms with Crippen LogP contribution in [-0.2, 0) is 14.3 Å². The second-order valence-corrected chi connectivity index (χ2v) is 3.20. The first kappa shape index (κ1) is 12.6. The highest BCUT2D eigenvalue weighted by Gasteiger charge is 2.10. The number of anilines is 1. The summed E-state index contributed by atoms with van der Waals surface area (Å²) in [6.07, 6.45) is 3.29. The molecule has 0 spiro atoms. The number of amides is 1. The van der Waals surface area contributed by atoms with Gasteiger partial charge in [-0.05, 0) is 12.1 Å². The number of aromatic nitrogens is 1. The third-order valence-corrected chi connectivity index (χ3v) is 2.08. The van der Waals surface area contributed by atoms with Crippen molar-refractivity contribution in [1.82, 2.24) is 4.98 Å². The van der Waals surface area contributed by atoms with Crippen molar-refractivity contribution in [2.45, 2.75) is 0 Å². The van der Waals surface area contributed by atoms with Crippen LogP contribution < -0.4 is 4.90 Å². The maximum absolute atomic E-state index is 11.6. The first-order valence-electron chi connectivity index (χ1n) is 4.99. The fraction of sp³-hybridized carbons (Fsp3) is 0.455. The zero-order valence-corrected chi connectivity index (χ0v) is 9.55. The van der Waals surface area contributed by atoms with Crippen molar-refractivity contribution in [3.05, 3.63) is 24.5 Å². The van der Waals surface area contributed by atoms with Gasteiger partial charge in [0, 0.05) is 32.2 Å². The molecule has 0 unspecified atom stereocenters. The first-order valence-corrected chi connectivity index (χ1v) is 4.99. The molecule has 0 aliphatic rings. The topological polar surface area (TPSA) is 51.7 Å². The Balaban J connectivity index is 2.37. The number of nitrogens with zero attached hydrogens (tertiary/aromatic N) is 2. The summed E-state index contributed by atoms with van der Waals surface area (Å²) < 4.78 is 9.96. The Morgan fingerprint density at radius 1 is 1.38 bits per heavy atom. The third kappa shape index (κ3) is 3.96. The minimum absolute atomic E-state index is 0.0577. The van der Waals surface area contributed by atoms with Crippen molar-refractivity contribution >= 4 is 11.6 Å². The summed E-state index contributed by atoms with van der Waals surface area (Å²) in [6.45, 7) is 0.973. The lowest BCUT2D eigenvalue weighted by Crippen LogP contribution is -2.30. The molecule has 0 aliphatic heterocycles. The second-order valence-electron chi connectivity index (χ2n) is 3.20. The van der Waals surface area contributed by atoms with Crippen molar-refractivity contribution < 1.29 is 14.3 Å². The highest BCUT2D eigenvalue weighted by molar-refractivity contribution is 5.93. The minimum Gasteiger partial charge on any atom is -0.382 e. The summed E-state index contributed by atoms with van der Waals surface area (Å²) in [4.78, 5) is 17.1. The largest absolute Gasteiger partial charge is 0.382 e. The van der Waals surface area contributed by atoms with Crippen molar-refractivity contribution in [3.63, 3.8) is 0 Å². The van der Waals surface area contributed by atoms with Crippen molar-refractivity contribution in [2.75, 3.05) is 38.9 Å². The number of carbonyl (C=O) groups is 1. The van der Waals surface area contributed by atoms with Crippen LogP contribution in [0.15, 0.2) is 24.5 Å². The van der Waals surface area contributed by atoms with Gasteiger partial charge >= 0.3 is 0 Å². The van der Waals surface area contributed by atoms with E-state index >= 15 is 0 Å². The van der Waals surface area contributed by atoms with Gasteiger partial charge in [-0.1, -0.05) is 0 Å². The highest BCUT2D eigenvalue weighted by atomic mass is 16.5. The van der Waals surface area contributed by atoms with E-state index in [1.54, 1.807) is 38.7 Å². The van der Waals surface area contributed by atoms with Gasteiger partial charge in [-0.25, -0.2) is 0 Å². The lowest BCUT2D eigenvalue weighted by atomic mass is 10.3. The van der Waals surface area contributed by atoms with Gasteiger partial charge in [0.1, 0.15) is 6.61 Å². The van der Waals surface area contributed by atoms with E-state index in [1.807, 2.05) is 0 Å². The summed E-state index contributed by atoms with van der Waals surface area (Å²) in [5.41, 5.74) is 0.801. The molecule has 0 atom stereocenters. The molecule has 0 aliphatic carbocycles. The number of rotatable bonds is 6. The van der Waals surface area contributed by atoms with Crippen LogP contribution in [0.5, 0.6) is 0 Å². The Hall–Kier alpha value is -1.46. The molecular weight excluding hydrogens is 208 g/mol. The average molecular weight is 224 g/mol. The quantitative estimate of drug-likeness (QED) is 0.668. The smallest absolute Gasteiger partial charge is 0.252 e. The molecule has 88 valence electrons. The van der Waals surface area contributed by atoms with Gasteiger partial charge in [-0.2, -0.15) is 0 Å². The van der Waals surface area contributed by atoms with E-state index in [9.17, 15) is 4.79 Å². The lowest BCUT2D eigenvalue weighted by molar-refractivity contribution is -0.123. The number of pyridine rings is 1. The van der Waals surface area contributed by atoms with Crippen molar-refractivity contribution in [1.29, 1.82) is 0 Å². The van der Waals surface area contributed by atoms with Crippen LogP contribution in [0.1, 0.15) is 0 Å². The normalized spacial score (nSPS) is 10.1. The number of hydrogen-bond acceptors (Lipinski definition) is 4. The zero-order chi connectivity index (χ0) is 11.8. The molecule has 1 rings (SSSR count). The number of carbonyl (C=O) groups excluding carboxylic acids is 1.